The Balaban J connectivity index is 2.67. The zero-order valence-corrected chi connectivity index (χ0v) is 13.0. The van der Waals surface area contributed by atoms with Crippen molar-refractivity contribution in [3.05, 3.63) is 34.4 Å². The first-order valence-corrected chi connectivity index (χ1v) is 8.11. The lowest BCUT2D eigenvalue weighted by Gasteiger charge is -2.16. The van der Waals surface area contributed by atoms with Crippen LogP contribution in [0.25, 0.3) is 0 Å². The van der Waals surface area contributed by atoms with Crippen molar-refractivity contribution in [2.45, 2.75) is 30.6 Å². The quantitative estimate of drug-likeness (QED) is 0.419. The molecule has 0 unspecified atom stereocenters. The van der Waals surface area contributed by atoms with Gasteiger partial charge in [0.25, 0.3) is 5.69 Å². The summed E-state index contributed by atoms with van der Waals surface area (Å²) in [5.41, 5.74) is -0.282. The molecule has 0 heterocycles. The second-order valence-electron chi connectivity index (χ2n) is 4.79. The molecule has 0 saturated heterocycles. The fourth-order valence-corrected chi connectivity index (χ4v) is 3.09. The zero-order chi connectivity index (χ0) is 16.8. The number of sulfonamides is 1. The van der Waals surface area contributed by atoms with Gasteiger partial charge in [0.15, 0.2) is 0 Å². The molecule has 22 heavy (non-hydrogen) atoms. The first kappa shape index (κ1) is 18.1. The summed E-state index contributed by atoms with van der Waals surface area (Å²) in [5.74, 6) is -0.877. The number of hydrogen-bond donors (Lipinski definition) is 1. The summed E-state index contributed by atoms with van der Waals surface area (Å²) in [6, 6.07) is 4.89. The van der Waals surface area contributed by atoms with Crippen LogP contribution in [-0.4, -0.2) is 42.3 Å². The number of benzene rings is 1. The van der Waals surface area contributed by atoms with Gasteiger partial charge in [0.05, 0.1) is 9.82 Å². The fourth-order valence-electron chi connectivity index (χ4n) is 1.85. The van der Waals surface area contributed by atoms with E-state index < -0.39 is 20.9 Å². The molecule has 0 aliphatic carbocycles. The maximum absolute atomic E-state index is 12.3. The Hall–Kier alpha value is -2.00. The monoisotopic (exact) mass is 330 g/mol. The number of non-ortho nitro benzene ring substituents is 1. The zero-order valence-electron chi connectivity index (χ0n) is 12.1. The molecule has 0 atom stereocenters. The van der Waals surface area contributed by atoms with E-state index >= 15 is 0 Å². The molecule has 0 aromatic heterocycles. The molecule has 1 rings (SSSR count). The predicted molar refractivity (Wildman–Crippen MR) is 79.0 cm³/mol. The molecular weight excluding hydrogens is 312 g/mol. The van der Waals surface area contributed by atoms with Crippen LogP contribution in [0.4, 0.5) is 5.69 Å². The van der Waals surface area contributed by atoms with Gasteiger partial charge in [-0.3, -0.25) is 14.9 Å². The molecule has 0 radical (unpaired) electrons. The van der Waals surface area contributed by atoms with Crippen LogP contribution in [0, 0.1) is 10.1 Å². The minimum atomic E-state index is -3.79. The van der Waals surface area contributed by atoms with Crippen molar-refractivity contribution in [2.24, 2.45) is 0 Å². The largest absolute Gasteiger partial charge is 0.481 e. The first-order chi connectivity index (χ1) is 10.2. The number of unbranched alkanes of at least 4 members (excludes halogenated alkanes) is 2. The first-order valence-electron chi connectivity index (χ1n) is 6.67. The SMILES string of the molecule is CN(CCCCCC(=O)O)S(=O)(=O)c1cccc([N+](=O)[O-])c1. The van der Waals surface area contributed by atoms with E-state index in [0.717, 1.165) is 10.4 Å². The summed E-state index contributed by atoms with van der Waals surface area (Å²) < 4.78 is 25.7. The van der Waals surface area contributed by atoms with Crippen molar-refractivity contribution in [1.29, 1.82) is 0 Å². The van der Waals surface area contributed by atoms with Crippen LogP contribution in [0.2, 0.25) is 0 Å². The summed E-state index contributed by atoms with van der Waals surface area (Å²) in [6.07, 6.45) is 1.67. The lowest BCUT2D eigenvalue weighted by atomic mass is 10.2. The molecule has 0 bridgehead atoms. The summed E-state index contributed by atoms with van der Waals surface area (Å²) in [5, 5.41) is 19.2. The van der Waals surface area contributed by atoms with Gasteiger partial charge in [0, 0.05) is 32.1 Å². The number of nitro benzene ring substituents is 1. The average molecular weight is 330 g/mol. The Morgan fingerprint density at radius 2 is 2.00 bits per heavy atom. The Labute approximate surface area is 128 Å². The topological polar surface area (TPSA) is 118 Å². The highest BCUT2D eigenvalue weighted by Gasteiger charge is 2.22. The van der Waals surface area contributed by atoms with E-state index in [0.29, 0.717) is 19.3 Å². The molecule has 0 spiro atoms. The molecule has 0 amide bonds. The molecule has 1 aromatic rings. The smallest absolute Gasteiger partial charge is 0.303 e. The Morgan fingerprint density at radius 3 is 2.59 bits per heavy atom. The Morgan fingerprint density at radius 1 is 1.32 bits per heavy atom. The van der Waals surface area contributed by atoms with Gasteiger partial charge < -0.3 is 5.11 Å². The molecule has 1 aromatic carbocycles. The summed E-state index contributed by atoms with van der Waals surface area (Å²) >= 11 is 0. The Bertz CT molecular complexity index is 644. The van der Waals surface area contributed by atoms with E-state index in [1.54, 1.807) is 0 Å². The van der Waals surface area contributed by atoms with Gasteiger partial charge in [-0.05, 0) is 18.9 Å². The average Bonchev–Trinajstić information content (AvgIpc) is 2.46. The molecule has 0 aliphatic heterocycles. The number of carboxylic acids is 1. The van der Waals surface area contributed by atoms with Gasteiger partial charge in [-0.15, -0.1) is 0 Å². The maximum atomic E-state index is 12.3. The van der Waals surface area contributed by atoms with Crippen molar-refractivity contribution in [3.8, 4) is 0 Å². The third kappa shape index (κ3) is 5.08. The second kappa shape index (κ2) is 7.85. The highest BCUT2D eigenvalue weighted by molar-refractivity contribution is 7.89. The molecule has 1 N–H and O–H groups in total. The maximum Gasteiger partial charge on any atom is 0.303 e. The van der Waals surface area contributed by atoms with Gasteiger partial charge in [0.2, 0.25) is 10.0 Å². The molecule has 0 aliphatic rings. The molecule has 122 valence electrons. The number of carboxylic acid groups (broad SMARTS) is 1. The van der Waals surface area contributed by atoms with Crippen LogP contribution < -0.4 is 0 Å². The van der Waals surface area contributed by atoms with Crippen LogP contribution in [0.5, 0.6) is 0 Å². The molecule has 8 nitrogen and oxygen atoms in total. The van der Waals surface area contributed by atoms with E-state index in [2.05, 4.69) is 0 Å². The van der Waals surface area contributed by atoms with Crippen LogP contribution in [-0.2, 0) is 14.8 Å². The third-order valence-electron chi connectivity index (χ3n) is 3.10. The standard InChI is InChI=1S/C13H18N2O6S/c1-14(9-4-2-3-8-13(16)17)22(20,21)12-7-5-6-11(10-12)15(18)19/h5-7,10H,2-4,8-9H2,1H3,(H,16,17). The Kier molecular flexibility index (Phi) is 6.44. The third-order valence-corrected chi connectivity index (χ3v) is 4.95. The van der Waals surface area contributed by atoms with Crippen molar-refractivity contribution >= 4 is 21.7 Å². The van der Waals surface area contributed by atoms with Crippen molar-refractivity contribution in [1.82, 2.24) is 4.31 Å². The number of hydrogen-bond acceptors (Lipinski definition) is 5. The number of carbonyl (C=O) groups is 1. The van der Waals surface area contributed by atoms with Crippen molar-refractivity contribution < 1.29 is 23.2 Å². The van der Waals surface area contributed by atoms with Crippen LogP contribution in [0.1, 0.15) is 25.7 Å². The number of nitrogens with zero attached hydrogens (tertiary/aromatic N) is 2. The highest BCUT2D eigenvalue weighted by Crippen LogP contribution is 2.20. The second-order valence-corrected chi connectivity index (χ2v) is 6.83. The molecular formula is C13H18N2O6S. The van der Waals surface area contributed by atoms with E-state index in [4.69, 9.17) is 5.11 Å². The van der Waals surface area contributed by atoms with Gasteiger partial charge in [-0.1, -0.05) is 12.5 Å². The minimum absolute atomic E-state index is 0.0569. The van der Waals surface area contributed by atoms with Crippen molar-refractivity contribution in [3.63, 3.8) is 0 Å². The van der Waals surface area contributed by atoms with Crippen LogP contribution >= 0.6 is 0 Å². The fraction of sp³-hybridized carbons (Fsp3) is 0.462. The highest BCUT2D eigenvalue weighted by atomic mass is 32.2. The summed E-state index contributed by atoms with van der Waals surface area (Å²) in [6.45, 7) is 0.227. The van der Waals surface area contributed by atoms with E-state index in [1.165, 1.54) is 25.2 Å². The number of nitro groups is 1. The van der Waals surface area contributed by atoms with Gasteiger partial charge in [0.1, 0.15) is 0 Å². The number of rotatable bonds is 9. The predicted octanol–water partition coefficient (Wildman–Crippen LogP) is 1.86. The normalized spacial score (nSPS) is 11.5. The lowest BCUT2D eigenvalue weighted by molar-refractivity contribution is -0.385. The lowest BCUT2D eigenvalue weighted by Crippen LogP contribution is -2.28. The summed E-state index contributed by atoms with van der Waals surface area (Å²) in [4.78, 5) is 20.3. The molecule has 0 saturated carbocycles. The molecule has 9 heteroatoms. The van der Waals surface area contributed by atoms with Gasteiger partial charge in [-0.25, -0.2) is 12.7 Å². The summed E-state index contributed by atoms with van der Waals surface area (Å²) in [7, 11) is -2.39. The van der Waals surface area contributed by atoms with Crippen LogP contribution in [0.3, 0.4) is 0 Å². The minimum Gasteiger partial charge on any atom is -0.481 e. The van der Waals surface area contributed by atoms with E-state index in [-0.39, 0.29) is 23.5 Å². The molecule has 0 fully saturated rings. The van der Waals surface area contributed by atoms with E-state index in [1.807, 2.05) is 0 Å². The van der Waals surface area contributed by atoms with Crippen LogP contribution in [0.15, 0.2) is 29.2 Å². The van der Waals surface area contributed by atoms with Gasteiger partial charge in [-0.2, -0.15) is 0 Å². The number of aliphatic carboxylic acids is 1. The van der Waals surface area contributed by atoms with Gasteiger partial charge >= 0.3 is 5.97 Å². The van der Waals surface area contributed by atoms with Crippen molar-refractivity contribution in [2.75, 3.05) is 13.6 Å². The van der Waals surface area contributed by atoms with E-state index in [9.17, 15) is 23.3 Å².